The molecule has 2 heterocycles. The van der Waals surface area contributed by atoms with Gasteiger partial charge >= 0.3 is 0 Å². The Morgan fingerprint density at radius 1 is 0.958 bits per heavy atom. The minimum absolute atomic E-state index is 0.786. The van der Waals surface area contributed by atoms with Crippen LogP contribution in [0.2, 0.25) is 0 Å². The molecule has 1 aliphatic rings. The molecule has 0 bridgehead atoms. The van der Waals surface area contributed by atoms with E-state index in [0.29, 0.717) is 0 Å². The fourth-order valence-corrected chi connectivity index (χ4v) is 2.51. The van der Waals surface area contributed by atoms with E-state index >= 15 is 0 Å². The van der Waals surface area contributed by atoms with Crippen molar-refractivity contribution in [3.63, 3.8) is 0 Å². The third-order valence-electron chi connectivity index (χ3n) is 3.86. The van der Waals surface area contributed by atoms with Crippen LogP contribution in [0.15, 0.2) is 61.1 Å². The number of benzene rings is 1. The van der Waals surface area contributed by atoms with Gasteiger partial charge in [0, 0.05) is 24.3 Å². The van der Waals surface area contributed by atoms with Gasteiger partial charge in [-0.05, 0) is 42.8 Å². The van der Waals surface area contributed by atoms with Gasteiger partial charge in [0.15, 0.2) is 0 Å². The van der Waals surface area contributed by atoms with Crippen LogP contribution < -0.4 is 14.5 Å². The fourth-order valence-electron chi connectivity index (χ4n) is 2.51. The van der Waals surface area contributed by atoms with Crippen LogP contribution >= 0.6 is 0 Å². The second-order valence-electron chi connectivity index (χ2n) is 5.73. The zero-order chi connectivity index (χ0) is 16.6. The lowest BCUT2D eigenvalue weighted by Crippen LogP contribution is -2.18. The largest absolute Gasteiger partial charge is 0.494 e. The Balaban J connectivity index is 1.50. The average molecular weight is 321 g/mol. The second-order valence-corrected chi connectivity index (χ2v) is 5.73. The van der Waals surface area contributed by atoms with Crippen LogP contribution in [0, 0.1) is 6.67 Å². The first-order valence-electron chi connectivity index (χ1n) is 8.54. The van der Waals surface area contributed by atoms with Crippen LogP contribution in [0.3, 0.4) is 0 Å². The third-order valence-corrected chi connectivity index (χ3v) is 3.86. The molecule has 4 heteroatoms. The normalized spacial score (nSPS) is 13.5. The number of ether oxygens (including phenoxy) is 1. The van der Waals surface area contributed by atoms with Gasteiger partial charge in [0.25, 0.3) is 0 Å². The van der Waals surface area contributed by atoms with Crippen LogP contribution in [-0.4, -0.2) is 11.6 Å². The van der Waals surface area contributed by atoms with Crippen molar-refractivity contribution in [1.82, 2.24) is 4.98 Å². The highest BCUT2D eigenvalue weighted by Crippen LogP contribution is 2.27. The summed E-state index contributed by atoms with van der Waals surface area (Å²) in [6.07, 6.45) is 10.6. The van der Waals surface area contributed by atoms with E-state index in [1.165, 1.54) is 19.3 Å². The van der Waals surface area contributed by atoms with Crippen molar-refractivity contribution in [2.24, 2.45) is 0 Å². The molecule has 2 radical (unpaired) electrons. The van der Waals surface area contributed by atoms with E-state index in [2.05, 4.69) is 18.6 Å². The molecule has 0 atom stereocenters. The third kappa shape index (κ3) is 4.28. The van der Waals surface area contributed by atoms with E-state index in [-0.39, 0.29) is 0 Å². The predicted octanol–water partition coefficient (Wildman–Crippen LogP) is 4.83. The topological polar surface area (TPSA) is 28.6 Å². The standard InChI is InChI=1S/C20H23N3O/c1-2-3-4-7-16-24-19-11-9-18(10-12-19)22-14-15-23(17-22)20-8-5-6-13-21-20/h5-6,8-15H,2-4,7,16H2,1H3. The van der Waals surface area contributed by atoms with E-state index < -0.39 is 0 Å². The fraction of sp³-hybridized carbons (Fsp3) is 0.300. The smallest absolute Gasteiger partial charge is 0.218 e. The maximum Gasteiger partial charge on any atom is 0.218 e. The molecule has 1 aromatic heterocycles. The Kier molecular flexibility index (Phi) is 5.72. The molecule has 0 N–H and O–H groups in total. The minimum atomic E-state index is 0.786. The van der Waals surface area contributed by atoms with Crippen molar-refractivity contribution >= 4 is 11.5 Å². The van der Waals surface area contributed by atoms with Crippen molar-refractivity contribution in [2.75, 3.05) is 16.4 Å². The molecular weight excluding hydrogens is 298 g/mol. The molecule has 0 unspecified atom stereocenters. The van der Waals surface area contributed by atoms with Crippen LogP contribution in [0.1, 0.15) is 32.6 Å². The van der Waals surface area contributed by atoms with E-state index in [1.54, 1.807) is 6.20 Å². The van der Waals surface area contributed by atoms with E-state index in [0.717, 1.165) is 30.3 Å². The quantitative estimate of drug-likeness (QED) is 0.651. The van der Waals surface area contributed by atoms with Gasteiger partial charge in [0.1, 0.15) is 11.6 Å². The molecule has 2 aromatic rings. The molecule has 3 rings (SSSR count). The summed E-state index contributed by atoms with van der Waals surface area (Å²) >= 11 is 0. The first kappa shape index (κ1) is 16.4. The highest BCUT2D eigenvalue weighted by Gasteiger charge is 2.18. The molecule has 1 aromatic carbocycles. The van der Waals surface area contributed by atoms with Crippen LogP contribution in [0.5, 0.6) is 5.75 Å². The van der Waals surface area contributed by atoms with Crippen LogP contribution in [-0.2, 0) is 0 Å². The number of rotatable bonds is 8. The van der Waals surface area contributed by atoms with Crippen LogP contribution in [0.4, 0.5) is 11.5 Å². The number of hydrogen-bond acceptors (Lipinski definition) is 4. The summed E-state index contributed by atoms with van der Waals surface area (Å²) in [4.78, 5) is 8.14. The van der Waals surface area contributed by atoms with E-state index in [1.807, 2.05) is 64.7 Å². The monoisotopic (exact) mass is 321 g/mol. The van der Waals surface area contributed by atoms with Crippen molar-refractivity contribution in [3.05, 3.63) is 67.7 Å². The number of aromatic nitrogens is 1. The van der Waals surface area contributed by atoms with Crippen LogP contribution in [0.25, 0.3) is 0 Å². The molecule has 4 nitrogen and oxygen atoms in total. The highest BCUT2D eigenvalue weighted by molar-refractivity contribution is 5.60. The van der Waals surface area contributed by atoms with Crippen molar-refractivity contribution in [3.8, 4) is 5.75 Å². The molecule has 0 saturated heterocycles. The lowest BCUT2D eigenvalue weighted by atomic mass is 10.2. The van der Waals surface area contributed by atoms with Gasteiger partial charge in [-0.2, -0.15) is 0 Å². The second kappa shape index (κ2) is 8.39. The van der Waals surface area contributed by atoms with Gasteiger partial charge in [-0.3, -0.25) is 4.90 Å². The molecular formula is C20H23N3O. The molecule has 0 fully saturated rings. The lowest BCUT2D eigenvalue weighted by Gasteiger charge is -2.18. The van der Waals surface area contributed by atoms with Crippen molar-refractivity contribution < 1.29 is 4.74 Å². The summed E-state index contributed by atoms with van der Waals surface area (Å²) in [7, 11) is 0. The molecule has 0 saturated carbocycles. The lowest BCUT2D eigenvalue weighted by molar-refractivity contribution is 0.305. The zero-order valence-electron chi connectivity index (χ0n) is 14.1. The number of hydrogen-bond donors (Lipinski definition) is 0. The predicted molar refractivity (Wildman–Crippen MR) is 97.7 cm³/mol. The highest BCUT2D eigenvalue weighted by atomic mass is 16.5. The summed E-state index contributed by atoms with van der Waals surface area (Å²) in [6.45, 7) is 6.27. The number of anilines is 2. The Hall–Kier alpha value is -2.49. The SMILES string of the molecule is CCCCCCOc1ccc(N2[C]N(c3ccccn3)C=C2)cc1. The summed E-state index contributed by atoms with van der Waals surface area (Å²) in [5.41, 5.74) is 1.04. The molecule has 124 valence electrons. The summed E-state index contributed by atoms with van der Waals surface area (Å²) in [5, 5.41) is 0. The Morgan fingerprint density at radius 3 is 2.54 bits per heavy atom. The van der Waals surface area contributed by atoms with Crippen molar-refractivity contribution in [1.29, 1.82) is 0 Å². The van der Waals surface area contributed by atoms with Gasteiger partial charge in [0.2, 0.25) is 6.67 Å². The summed E-state index contributed by atoms with van der Waals surface area (Å²) < 4.78 is 5.78. The van der Waals surface area contributed by atoms with E-state index in [9.17, 15) is 0 Å². The average Bonchev–Trinajstić information content (AvgIpc) is 3.13. The van der Waals surface area contributed by atoms with Gasteiger partial charge < -0.3 is 9.64 Å². The number of unbranched alkanes of at least 4 members (excludes halogenated alkanes) is 3. The van der Waals surface area contributed by atoms with Gasteiger partial charge in [-0.1, -0.05) is 32.3 Å². The molecule has 24 heavy (non-hydrogen) atoms. The Bertz CT molecular complexity index is 640. The molecule has 0 aliphatic carbocycles. The number of pyridine rings is 1. The Labute approximate surface area is 144 Å². The first-order valence-corrected chi connectivity index (χ1v) is 8.54. The molecule has 1 aliphatic heterocycles. The summed E-state index contributed by atoms with van der Waals surface area (Å²) in [5.74, 6) is 1.77. The molecule has 0 amide bonds. The maximum absolute atomic E-state index is 5.78. The minimum Gasteiger partial charge on any atom is -0.494 e. The van der Waals surface area contributed by atoms with Gasteiger partial charge in [0.05, 0.1) is 6.61 Å². The van der Waals surface area contributed by atoms with Gasteiger partial charge in [-0.25, -0.2) is 4.98 Å². The van der Waals surface area contributed by atoms with E-state index in [4.69, 9.17) is 4.74 Å². The maximum atomic E-state index is 5.78. The van der Waals surface area contributed by atoms with Gasteiger partial charge in [-0.15, -0.1) is 0 Å². The summed E-state index contributed by atoms with van der Waals surface area (Å²) in [6, 6.07) is 13.9. The number of nitrogens with zero attached hydrogens (tertiary/aromatic N) is 3. The molecule has 0 spiro atoms. The Morgan fingerprint density at radius 2 is 1.79 bits per heavy atom. The van der Waals surface area contributed by atoms with Crippen molar-refractivity contribution in [2.45, 2.75) is 32.6 Å². The zero-order valence-corrected chi connectivity index (χ0v) is 14.1. The first-order chi connectivity index (χ1) is 11.9.